The summed E-state index contributed by atoms with van der Waals surface area (Å²) in [6, 6.07) is 0. The van der Waals surface area contributed by atoms with Gasteiger partial charge in [0.2, 0.25) is 0 Å². The molecule has 1 fully saturated rings. The van der Waals surface area contributed by atoms with Crippen LogP contribution < -0.4 is 10.6 Å². The highest BCUT2D eigenvalue weighted by molar-refractivity contribution is 4.92. The first-order chi connectivity index (χ1) is 6.29. The van der Waals surface area contributed by atoms with Crippen molar-refractivity contribution < 1.29 is 0 Å². The van der Waals surface area contributed by atoms with E-state index in [0.717, 1.165) is 19.5 Å². The summed E-state index contributed by atoms with van der Waals surface area (Å²) in [5.41, 5.74) is 0.181. The van der Waals surface area contributed by atoms with Crippen molar-refractivity contribution in [2.24, 2.45) is 0 Å². The fraction of sp³-hybridized carbons (Fsp3) is 0.857. The third-order valence-electron chi connectivity index (χ3n) is 2.43. The molecule has 3 N–H and O–H groups in total. The molecule has 1 saturated heterocycles. The van der Waals surface area contributed by atoms with Gasteiger partial charge >= 0.3 is 0 Å². The van der Waals surface area contributed by atoms with E-state index in [-0.39, 0.29) is 5.54 Å². The van der Waals surface area contributed by atoms with Crippen molar-refractivity contribution in [2.45, 2.75) is 25.4 Å². The average molecular weight is 182 g/mol. The normalized spacial score (nSPS) is 28.1. The van der Waals surface area contributed by atoms with E-state index in [1.807, 2.05) is 0 Å². The minimum absolute atomic E-state index is 0.181. The van der Waals surface area contributed by atoms with Gasteiger partial charge in [-0.3, -0.25) is 0 Å². The molecular formula is C7H14N6. The number of hydrogen-bond donors (Lipinski definition) is 3. The fourth-order valence-corrected chi connectivity index (χ4v) is 1.52. The Bertz CT molecular complexity index is 250. The molecular weight excluding hydrogens is 168 g/mol. The number of nitrogens with one attached hydrogen (secondary N) is 3. The molecule has 2 heterocycles. The van der Waals surface area contributed by atoms with Crippen molar-refractivity contribution in [1.29, 1.82) is 0 Å². The standard InChI is InChI=1S/C7H14N6/c1-7(2-3-8-5-7)9-4-6-10-12-13-11-6/h8-9H,2-5H2,1H3,(H,10,11,12,13). The maximum absolute atomic E-state index is 3.88. The first-order valence-electron chi connectivity index (χ1n) is 4.47. The highest BCUT2D eigenvalue weighted by Crippen LogP contribution is 2.13. The van der Waals surface area contributed by atoms with E-state index in [1.165, 1.54) is 0 Å². The molecule has 0 radical (unpaired) electrons. The van der Waals surface area contributed by atoms with Gasteiger partial charge in [-0.2, -0.15) is 5.21 Å². The number of rotatable bonds is 3. The Labute approximate surface area is 76.5 Å². The highest BCUT2D eigenvalue weighted by atomic mass is 15.5. The predicted molar refractivity (Wildman–Crippen MR) is 46.9 cm³/mol. The number of tetrazole rings is 1. The quantitative estimate of drug-likeness (QED) is 0.561. The van der Waals surface area contributed by atoms with E-state index >= 15 is 0 Å². The monoisotopic (exact) mass is 182 g/mol. The molecule has 0 aromatic carbocycles. The second kappa shape index (κ2) is 3.39. The molecule has 72 valence electrons. The molecule has 1 aliphatic rings. The van der Waals surface area contributed by atoms with Crippen LogP contribution in [0.5, 0.6) is 0 Å². The number of H-pyrrole nitrogens is 1. The summed E-state index contributed by atoms with van der Waals surface area (Å²) < 4.78 is 0. The van der Waals surface area contributed by atoms with Crippen LogP contribution in [0.2, 0.25) is 0 Å². The zero-order chi connectivity index (χ0) is 9.15. The Morgan fingerprint density at radius 2 is 2.54 bits per heavy atom. The molecule has 1 aliphatic heterocycles. The van der Waals surface area contributed by atoms with Gasteiger partial charge in [-0.05, 0) is 19.9 Å². The molecule has 0 aliphatic carbocycles. The van der Waals surface area contributed by atoms with Crippen LogP contribution in [0.25, 0.3) is 0 Å². The van der Waals surface area contributed by atoms with Gasteiger partial charge < -0.3 is 10.6 Å². The molecule has 13 heavy (non-hydrogen) atoms. The summed E-state index contributed by atoms with van der Waals surface area (Å²) in [6.07, 6.45) is 1.14. The van der Waals surface area contributed by atoms with Gasteiger partial charge in [-0.1, -0.05) is 5.21 Å². The summed E-state index contributed by atoms with van der Waals surface area (Å²) in [5, 5.41) is 20.4. The van der Waals surface area contributed by atoms with Crippen molar-refractivity contribution in [3.8, 4) is 0 Å². The zero-order valence-electron chi connectivity index (χ0n) is 7.67. The lowest BCUT2D eigenvalue weighted by atomic mass is 10.0. The smallest absolute Gasteiger partial charge is 0.188 e. The van der Waals surface area contributed by atoms with Gasteiger partial charge in [0.1, 0.15) is 0 Å². The second-order valence-electron chi connectivity index (χ2n) is 3.67. The van der Waals surface area contributed by atoms with Crippen LogP contribution in [-0.2, 0) is 6.54 Å². The molecule has 0 bridgehead atoms. The zero-order valence-corrected chi connectivity index (χ0v) is 7.67. The molecule has 6 heteroatoms. The van der Waals surface area contributed by atoms with E-state index in [2.05, 4.69) is 38.2 Å². The van der Waals surface area contributed by atoms with Gasteiger partial charge in [-0.25, -0.2) is 0 Å². The first kappa shape index (κ1) is 8.58. The third-order valence-corrected chi connectivity index (χ3v) is 2.43. The largest absolute Gasteiger partial charge is 0.315 e. The van der Waals surface area contributed by atoms with Crippen LogP contribution in [0, 0.1) is 0 Å². The summed E-state index contributed by atoms with van der Waals surface area (Å²) in [7, 11) is 0. The number of aromatic amines is 1. The van der Waals surface area contributed by atoms with E-state index in [0.29, 0.717) is 12.4 Å². The molecule has 1 aromatic heterocycles. The maximum Gasteiger partial charge on any atom is 0.188 e. The van der Waals surface area contributed by atoms with Crippen molar-refractivity contribution in [3.63, 3.8) is 0 Å². The van der Waals surface area contributed by atoms with Crippen LogP contribution in [-0.4, -0.2) is 39.3 Å². The van der Waals surface area contributed by atoms with Gasteiger partial charge in [0.05, 0.1) is 6.54 Å². The van der Waals surface area contributed by atoms with Crippen molar-refractivity contribution in [3.05, 3.63) is 5.82 Å². The summed E-state index contributed by atoms with van der Waals surface area (Å²) in [6.45, 7) is 4.96. The third kappa shape index (κ3) is 2.02. The number of aromatic nitrogens is 4. The maximum atomic E-state index is 3.88. The van der Waals surface area contributed by atoms with Crippen molar-refractivity contribution in [2.75, 3.05) is 13.1 Å². The molecule has 0 spiro atoms. The van der Waals surface area contributed by atoms with Crippen LogP contribution in [0.15, 0.2) is 0 Å². The van der Waals surface area contributed by atoms with Crippen LogP contribution in [0.3, 0.4) is 0 Å². The minimum Gasteiger partial charge on any atom is -0.315 e. The lowest BCUT2D eigenvalue weighted by Crippen LogP contribution is -2.43. The van der Waals surface area contributed by atoms with E-state index < -0.39 is 0 Å². The Morgan fingerprint density at radius 1 is 1.62 bits per heavy atom. The van der Waals surface area contributed by atoms with Gasteiger partial charge in [0.25, 0.3) is 0 Å². The topological polar surface area (TPSA) is 78.5 Å². The van der Waals surface area contributed by atoms with Crippen LogP contribution in [0.1, 0.15) is 19.2 Å². The highest BCUT2D eigenvalue weighted by Gasteiger charge is 2.27. The molecule has 1 atom stereocenters. The number of nitrogens with zero attached hydrogens (tertiary/aromatic N) is 3. The average Bonchev–Trinajstić information content (AvgIpc) is 2.72. The van der Waals surface area contributed by atoms with E-state index in [1.54, 1.807) is 0 Å². The summed E-state index contributed by atoms with van der Waals surface area (Å²) in [4.78, 5) is 0. The molecule has 0 saturated carbocycles. The lowest BCUT2D eigenvalue weighted by molar-refractivity contribution is 0.380. The van der Waals surface area contributed by atoms with E-state index in [9.17, 15) is 0 Å². The minimum atomic E-state index is 0.181. The number of hydrogen-bond acceptors (Lipinski definition) is 5. The Hall–Kier alpha value is -1.01. The predicted octanol–water partition coefficient (Wildman–Crippen LogP) is -0.959. The van der Waals surface area contributed by atoms with Crippen LogP contribution >= 0.6 is 0 Å². The molecule has 1 aromatic rings. The Kier molecular flexibility index (Phi) is 2.24. The summed E-state index contributed by atoms with van der Waals surface area (Å²) in [5.74, 6) is 0.716. The first-order valence-corrected chi connectivity index (χ1v) is 4.47. The van der Waals surface area contributed by atoms with Gasteiger partial charge in [0, 0.05) is 12.1 Å². The molecule has 6 nitrogen and oxygen atoms in total. The van der Waals surface area contributed by atoms with Crippen molar-refractivity contribution in [1.82, 2.24) is 31.3 Å². The second-order valence-corrected chi connectivity index (χ2v) is 3.67. The fourth-order valence-electron chi connectivity index (χ4n) is 1.52. The molecule has 0 amide bonds. The lowest BCUT2D eigenvalue weighted by Gasteiger charge is -2.23. The molecule has 1 unspecified atom stereocenters. The Balaban J connectivity index is 1.85. The van der Waals surface area contributed by atoms with Crippen LogP contribution in [0.4, 0.5) is 0 Å². The SMILES string of the molecule is CC1(NCc2nn[nH]n2)CCNC1. The van der Waals surface area contributed by atoms with E-state index in [4.69, 9.17) is 0 Å². The van der Waals surface area contributed by atoms with Gasteiger partial charge in [-0.15, -0.1) is 10.2 Å². The molecule has 2 rings (SSSR count). The van der Waals surface area contributed by atoms with Gasteiger partial charge in [0.15, 0.2) is 5.82 Å². The Morgan fingerprint density at radius 3 is 3.15 bits per heavy atom. The summed E-state index contributed by atoms with van der Waals surface area (Å²) >= 11 is 0. The van der Waals surface area contributed by atoms with Crippen molar-refractivity contribution >= 4 is 0 Å².